The largest absolute Gasteiger partial charge is 0.349 e. The summed E-state index contributed by atoms with van der Waals surface area (Å²) < 4.78 is 0. The zero-order valence-corrected chi connectivity index (χ0v) is 7.98. The van der Waals surface area contributed by atoms with Gasteiger partial charge in [-0.3, -0.25) is 0 Å². The third kappa shape index (κ3) is 2.06. The average molecular weight is 154 g/mol. The van der Waals surface area contributed by atoms with Gasteiger partial charge in [0, 0.05) is 6.42 Å². The Morgan fingerprint density at radius 1 is 1.55 bits per heavy atom. The van der Waals surface area contributed by atoms with Crippen LogP contribution in [0.2, 0.25) is 0 Å². The average Bonchev–Trinajstić information content (AvgIpc) is 1.98. The molecule has 0 fully saturated rings. The van der Waals surface area contributed by atoms with Gasteiger partial charge in [-0.1, -0.05) is 18.1 Å². The summed E-state index contributed by atoms with van der Waals surface area (Å²) in [6.07, 6.45) is 4.05. The summed E-state index contributed by atoms with van der Waals surface area (Å²) in [7, 11) is 2.14. The van der Waals surface area contributed by atoms with Gasteiger partial charge in [-0.15, -0.1) is 0 Å². The van der Waals surface area contributed by atoms with E-state index in [9.17, 15) is 0 Å². The molecule has 0 heterocycles. The first-order valence-electron chi connectivity index (χ1n) is 4.72. The predicted molar refractivity (Wildman–Crippen MR) is 48.4 cm³/mol. The molecule has 0 radical (unpaired) electrons. The molecule has 1 unspecified atom stereocenters. The van der Waals surface area contributed by atoms with Crippen molar-refractivity contribution < 1.29 is 5.32 Å². The second-order valence-corrected chi connectivity index (χ2v) is 3.71. The van der Waals surface area contributed by atoms with Gasteiger partial charge in [0.1, 0.15) is 0 Å². The zero-order valence-electron chi connectivity index (χ0n) is 7.98. The summed E-state index contributed by atoms with van der Waals surface area (Å²) in [4.78, 5) is 0. The molecule has 0 aromatic carbocycles. The first kappa shape index (κ1) is 8.79. The molecular weight excluding hydrogens is 134 g/mol. The van der Waals surface area contributed by atoms with Gasteiger partial charge in [-0.25, -0.2) is 0 Å². The van der Waals surface area contributed by atoms with E-state index in [-0.39, 0.29) is 0 Å². The summed E-state index contributed by atoms with van der Waals surface area (Å²) in [5, 5.41) is 2.26. The van der Waals surface area contributed by atoms with Crippen molar-refractivity contribution >= 4 is 0 Å². The molecule has 0 saturated heterocycles. The number of allylic oxidation sites excluding steroid dienone is 2. The van der Waals surface area contributed by atoms with Crippen LogP contribution < -0.4 is 5.32 Å². The van der Waals surface area contributed by atoms with Crippen LogP contribution in [0.3, 0.4) is 0 Å². The minimum Gasteiger partial charge on any atom is -0.349 e. The maximum atomic E-state index is 2.35. The van der Waals surface area contributed by atoms with E-state index in [4.69, 9.17) is 0 Å². The lowest BCUT2D eigenvalue weighted by Gasteiger charge is -2.29. The van der Waals surface area contributed by atoms with Crippen LogP contribution >= 0.6 is 0 Å². The van der Waals surface area contributed by atoms with Crippen LogP contribution in [0.1, 0.15) is 33.1 Å². The Hall–Kier alpha value is -0.300. The predicted octanol–water partition coefficient (Wildman–Crippen LogP) is 1.32. The molecule has 1 aliphatic carbocycles. The zero-order chi connectivity index (χ0) is 8.27. The molecule has 0 spiro atoms. The molecule has 64 valence electrons. The summed E-state index contributed by atoms with van der Waals surface area (Å²) in [6, 6.07) is 0. The molecular formula is C10H20N+. The van der Waals surface area contributed by atoms with Crippen LogP contribution in [0, 0.1) is 5.92 Å². The van der Waals surface area contributed by atoms with Crippen LogP contribution in [0.5, 0.6) is 0 Å². The molecule has 0 aromatic heterocycles. The summed E-state index contributed by atoms with van der Waals surface area (Å²) in [6.45, 7) is 5.91. The fourth-order valence-corrected chi connectivity index (χ4v) is 1.96. The van der Waals surface area contributed by atoms with E-state index in [0.29, 0.717) is 0 Å². The van der Waals surface area contributed by atoms with E-state index in [1.807, 2.05) is 0 Å². The van der Waals surface area contributed by atoms with Gasteiger partial charge in [-0.2, -0.15) is 0 Å². The number of hydrogen-bond donors (Lipinski definition) is 1. The molecule has 1 atom stereocenters. The molecule has 2 N–H and O–H groups in total. The minimum atomic E-state index is 0.895. The fourth-order valence-electron chi connectivity index (χ4n) is 1.96. The second kappa shape index (κ2) is 3.91. The Balaban J connectivity index is 2.21. The highest BCUT2D eigenvalue weighted by molar-refractivity contribution is 5.25. The van der Waals surface area contributed by atoms with Crippen molar-refractivity contribution in [2.24, 2.45) is 5.92 Å². The fraction of sp³-hybridized carbons (Fsp3) is 0.800. The smallest absolute Gasteiger partial charge is 0.0756 e. The highest BCUT2D eigenvalue weighted by Crippen LogP contribution is 2.36. The van der Waals surface area contributed by atoms with Crippen LogP contribution in [0.4, 0.5) is 0 Å². The molecule has 1 aliphatic rings. The standard InChI is InChI=1S/C10H19N/c1-8-7-9(2)10(8)5-4-6-11-3/h8,11H,4-7H2,1-3H3/p+1. The van der Waals surface area contributed by atoms with Crippen LogP contribution in [-0.4, -0.2) is 13.6 Å². The Bertz CT molecular complexity index is 158. The first-order valence-corrected chi connectivity index (χ1v) is 4.72. The molecule has 1 nitrogen and oxygen atoms in total. The molecule has 0 amide bonds. The number of quaternary nitrogens is 1. The number of nitrogens with two attached hydrogens (primary N) is 1. The van der Waals surface area contributed by atoms with Crippen molar-refractivity contribution in [2.75, 3.05) is 13.6 Å². The van der Waals surface area contributed by atoms with E-state index in [1.54, 1.807) is 11.1 Å². The lowest BCUT2D eigenvalue weighted by atomic mass is 9.77. The Kier molecular flexibility index (Phi) is 3.13. The Labute approximate surface area is 69.9 Å². The summed E-state index contributed by atoms with van der Waals surface area (Å²) in [5.74, 6) is 0.895. The van der Waals surface area contributed by atoms with Crippen molar-refractivity contribution in [3.63, 3.8) is 0 Å². The van der Waals surface area contributed by atoms with Crippen molar-refractivity contribution in [2.45, 2.75) is 33.1 Å². The van der Waals surface area contributed by atoms with Gasteiger partial charge < -0.3 is 5.32 Å². The molecule has 0 aromatic rings. The van der Waals surface area contributed by atoms with Crippen LogP contribution in [-0.2, 0) is 0 Å². The summed E-state index contributed by atoms with van der Waals surface area (Å²) in [5.41, 5.74) is 3.40. The highest BCUT2D eigenvalue weighted by atomic mass is 14.8. The lowest BCUT2D eigenvalue weighted by molar-refractivity contribution is -0.627. The van der Waals surface area contributed by atoms with E-state index >= 15 is 0 Å². The van der Waals surface area contributed by atoms with E-state index < -0.39 is 0 Å². The van der Waals surface area contributed by atoms with Crippen LogP contribution in [0.15, 0.2) is 11.1 Å². The van der Waals surface area contributed by atoms with E-state index in [0.717, 1.165) is 5.92 Å². The molecule has 0 saturated carbocycles. The monoisotopic (exact) mass is 154 g/mol. The Morgan fingerprint density at radius 2 is 2.27 bits per heavy atom. The first-order chi connectivity index (χ1) is 5.25. The van der Waals surface area contributed by atoms with Crippen molar-refractivity contribution in [3.05, 3.63) is 11.1 Å². The minimum absolute atomic E-state index is 0.895. The molecule has 1 heteroatoms. The quantitative estimate of drug-likeness (QED) is 0.464. The van der Waals surface area contributed by atoms with Gasteiger partial charge in [-0.05, 0) is 25.7 Å². The van der Waals surface area contributed by atoms with Gasteiger partial charge in [0.2, 0.25) is 0 Å². The molecule has 0 bridgehead atoms. The van der Waals surface area contributed by atoms with Crippen molar-refractivity contribution in [1.29, 1.82) is 0 Å². The van der Waals surface area contributed by atoms with Crippen molar-refractivity contribution in [1.82, 2.24) is 0 Å². The lowest BCUT2D eigenvalue weighted by Crippen LogP contribution is -2.79. The van der Waals surface area contributed by atoms with E-state index in [2.05, 4.69) is 26.2 Å². The normalized spacial score (nSPS) is 23.7. The molecule has 11 heavy (non-hydrogen) atoms. The second-order valence-electron chi connectivity index (χ2n) is 3.71. The molecule has 1 rings (SSSR count). The van der Waals surface area contributed by atoms with Crippen molar-refractivity contribution in [3.8, 4) is 0 Å². The third-order valence-electron chi connectivity index (χ3n) is 2.69. The highest BCUT2D eigenvalue weighted by Gasteiger charge is 2.21. The van der Waals surface area contributed by atoms with Crippen LogP contribution in [0.25, 0.3) is 0 Å². The maximum Gasteiger partial charge on any atom is 0.0756 e. The van der Waals surface area contributed by atoms with E-state index in [1.165, 1.54) is 25.8 Å². The SMILES string of the molecule is C[NH2+]CCCC1=C(C)CC1C. The topological polar surface area (TPSA) is 16.6 Å². The van der Waals surface area contributed by atoms with Gasteiger partial charge in [0.25, 0.3) is 0 Å². The number of rotatable bonds is 4. The van der Waals surface area contributed by atoms with Gasteiger partial charge >= 0.3 is 0 Å². The number of hydrogen-bond acceptors (Lipinski definition) is 0. The Morgan fingerprint density at radius 3 is 2.73 bits per heavy atom. The molecule has 0 aliphatic heterocycles. The third-order valence-corrected chi connectivity index (χ3v) is 2.69. The summed E-state index contributed by atoms with van der Waals surface area (Å²) >= 11 is 0. The maximum absolute atomic E-state index is 2.35. The van der Waals surface area contributed by atoms with Gasteiger partial charge in [0.15, 0.2) is 0 Å². The van der Waals surface area contributed by atoms with Gasteiger partial charge in [0.05, 0.1) is 13.6 Å².